The van der Waals surface area contributed by atoms with E-state index in [1.807, 2.05) is 19.1 Å². The third-order valence-corrected chi connectivity index (χ3v) is 4.98. The highest BCUT2D eigenvalue weighted by atomic mass is 35.5. The standard InChI is InChI=1S/C16H19ClN4OS.ClH/c1-3-11-12(7-9(2)18)23-14-13(11)20-16(17)21-15(14)19-8-10-5-4-6-22-10;/h4-6,9H,3,7-8,18H2,1-2H3,(H,19,20,21);1H. The Morgan fingerprint density at radius 3 is 2.83 bits per heavy atom. The molecule has 24 heavy (non-hydrogen) atoms. The van der Waals surface area contributed by atoms with E-state index in [0.29, 0.717) is 6.54 Å². The summed E-state index contributed by atoms with van der Waals surface area (Å²) in [6.45, 7) is 4.69. The molecule has 0 bridgehead atoms. The van der Waals surface area contributed by atoms with E-state index in [0.717, 1.165) is 34.6 Å². The summed E-state index contributed by atoms with van der Waals surface area (Å²) in [4.78, 5) is 10.0. The van der Waals surface area contributed by atoms with Gasteiger partial charge in [0, 0.05) is 10.9 Å². The van der Waals surface area contributed by atoms with Gasteiger partial charge < -0.3 is 15.5 Å². The van der Waals surface area contributed by atoms with E-state index in [9.17, 15) is 0 Å². The molecule has 3 aromatic rings. The second kappa shape index (κ2) is 8.16. The Morgan fingerprint density at radius 2 is 2.21 bits per heavy atom. The summed E-state index contributed by atoms with van der Waals surface area (Å²) in [5, 5.41) is 3.55. The van der Waals surface area contributed by atoms with Gasteiger partial charge in [0.2, 0.25) is 5.28 Å². The van der Waals surface area contributed by atoms with Crippen molar-refractivity contribution in [3.8, 4) is 0 Å². The molecule has 0 amide bonds. The minimum absolute atomic E-state index is 0. The van der Waals surface area contributed by atoms with Crippen LogP contribution >= 0.6 is 35.3 Å². The lowest BCUT2D eigenvalue weighted by Crippen LogP contribution is -2.17. The van der Waals surface area contributed by atoms with E-state index in [1.165, 1.54) is 10.4 Å². The molecule has 0 saturated heterocycles. The molecule has 130 valence electrons. The number of hydrogen-bond donors (Lipinski definition) is 2. The smallest absolute Gasteiger partial charge is 0.224 e. The van der Waals surface area contributed by atoms with Gasteiger partial charge in [-0.15, -0.1) is 23.7 Å². The molecule has 0 fully saturated rings. The Balaban J connectivity index is 0.00000208. The number of furan rings is 1. The van der Waals surface area contributed by atoms with Crippen LogP contribution in [0.4, 0.5) is 5.82 Å². The first kappa shape index (κ1) is 19.0. The van der Waals surface area contributed by atoms with Gasteiger partial charge in [-0.25, -0.2) is 4.98 Å². The van der Waals surface area contributed by atoms with Gasteiger partial charge in [-0.2, -0.15) is 4.98 Å². The highest BCUT2D eigenvalue weighted by molar-refractivity contribution is 7.19. The Labute approximate surface area is 156 Å². The number of fused-ring (bicyclic) bond motifs is 1. The number of aromatic nitrogens is 2. The van der Waals surface area contributed by atoms with E-state index < -0.39 is 0 Å². The fourth-order valence-electron chi connectivity index (χ4n) is 2.57. The van der Waals surface area contributed by atoms with Gasteiger partial charge in [-0.1, -0.05) is 6.92 Å². The zero-order valence-electron chi connectivity index (χ0n) is 13.5. The average Bonchev–Trinajstić information content (AvgIpc) is 3.11. The van der Waals surface area contributed by atoms with Gasteiger partial charge in [-0.05, 0) is 49.1 Å². The minimum Gasteiger partial charge on any atom is -0.467 e. The predicted molar refractivity (Wildman–Crippen MR) is 102 cm³/mol. The van der Waals surface area contributed by atoms with E-state index in [2.05, 4.69) is 22.2 Å². The van der Waals surface area contributed by atoms with Crippen LogP contribution in [0.5, 0.6) is 0 Å². The maximum absolute atomic E-state index is 6.12. The molecule has 0 aromatic carbocycles. The number of thiophene rings is 1. The van der Waals surface area contributed by atoms with Crippen molar-refractivity contribution in [3.05, 3.63) is 39.9 Å². The Hall–Kier alpha value is -1.34. The van der Waals surface area contributed by atoms with Crippen molar-refractivity contribution in [2.75, 3.05) is 5.32 Å². The second-order valence-electron chi connectivity index (χ2n) is 5.49. The number of halogens is 2. The zero-order valence-corrected chi connectivity index (χ0v) is 15.9. The highest BCUT2D eigenvalue weighted by Crippen LogP contribution is 2.36. The van der Waals surface area contributed by atoms with Crippen molar-refractivity contribution < 1.29 is 4.42 Å². The molecule has 1 atom stereocenters. The second-order valence-corrected chi connectivity index (χ2v) is 6.93. The number of rotatable bonds is 6. The molecule has 0 aliphatic carbocycles. The third-order valence-electron chi connectivity index (χ3n) is 3.56. The zero-order chi connectivity index (χ0) is 16.4. The fraction of sp³-hybridized carbons (Fsp3) is 0.375. The Kier molecular flexibility index (Phi) is 6.46. The Morgan fingerprint density at radius 1 is 1.42 bits per heavy atom. The predicted octanol–water partition coefficient (Wildman–Crippen LogP) is 4.42. The van der Waals surface area contributed by atoms with Gasteiger partial charge in [0.05, 0.1) is 23.0 Å². The van der Waals surface area contributed by atoms with Crippen molar-refractivity contribution in [3.63, 3.8) is 0 Å². The first-order valence-corrected chi connectivity index (χ1v) is 8.77. The molecule has 0 aliphatic rings. The topological polar surface area (TPSA) is 77.0 Å². The molecule has 8 heteroatoms. The van der Waals surface area contributed by atoms with Crippen LogP contribution < -0.4 is 11.1 Å². The largest absolute Gasteiger partial charge is 0.467 e. The number of hydrogen-bond acceptors (Lipinski definition) is 6. The van der Waals surface area contributed by atoms with Crippen LogP contribution in [0.2, 0.25) is 5.28 Å². The summed E-state index contributed by atoms with van der Waals surface area (Å²) in [5.74, 6) is 1.59. The van der Waals surface area contributed by atoms with E-state index in [1.54, 1.807) is 17.6 Å². The van der Waals surface area contributed by atoms with Crippen molar-refractivity contribution in [1.82, 2.24) is 9.97 Å². The van der Waals surface area contributed by atoms with E-state index in [-0.39, 0.29) is 23.7 Å². The molecular formula is C16H20Cl2N4OS. The molecule has 0 radical (unpaired) electrons. The summed E-state index contributed by atoms with van der Waals surface area (Å²) in [5.41, 5.74) is 8.12. The minimum atomic E-state index is 0. The maximum atomic E-state index is 6.12. The van der Waals surface area contributed by atoms with Gasteiger partial charge >= 0.3 is 0 Å². The van der Waals surface area contributed by atoms with E-state index in [4.69, 9.17) is 21.8 Å². The van der Waals surface area contributed by atoms with Crippen LogP contribution in [-0.4, -0.2) is 16.0 Å². The SMILES string of the molecule is CCc1c(CC(C)N)sc2c(NCc3ccco3)nc(Cl)nc12.Cl. The van der Waals surface area contributed by atoms with Crippen molar-refractivity contribution in [2.45, 2.75) is 39.3 Å². The lowest BCUT2D eigenvalue weighted by molar-refractivity contribution is 0.518. The summed E-state index contributed by atoms with van der Waals surface area (Å²) in [7, 11) is 0. The van der Waals surface area contributed by atoms with Gasteiger partial charge in [-0.3, -0.25) is 0 Å². The number of nitrogens with zero attached hydrogens (tertiary/aromatic N) is 2. The van der Waals surface area contributed by atoms with Crippen LogP contribution in [-0.2, 0) is 19.4 Å². The molecule has 0 aliphatic heterocycles. The summed E-state index contributed by atoms with van der Waals surface area (Å²) >= 11 is 7.82. The van der Waals surface area contributed by atoms with Gasteiger partial charge in [0.15, 0.2) is 0 Å². The summed E-state index contributed by atoms with van der Waals surface area (Å²) < 4.78 is 6.37. The lowest BCUT2D eigenvalue weighted by Gasteiger charge is -2.05. The lowest BCUT2D eigenvalue weighted by atomic mass is 10.1. The third kappa shape index (κ3) is 4.00. The molecule has 3 heterocycles. The molecule has 3 aromatic heterocycles. The van der Waals surface area contributed by atoms with Crippen molar-refractivity contribution in [1.29, 1.82) is 0 Å². The molecule has 3 rings (SSSR count). The quantitative estimate of drug-likeness (QED) is 0.612. The number of aryl methyl sites for hydroxylation is 1. The summed E-state index contributed by atoms with van der Waals surface area (Å²) in [6, 6.07) is 3.89. The molecule has 0 spiro atoms. The molecule has 3 N–H and O–H groups in total. The monoisotopic (exact) mass is 386 g/mol. The van der Waals surface area contributed by atoms with Gasteiger partial charge in [0.1, 0.15) is 11.6 Å². The van der Waals surface area contributed by atoms with Crippen molar-refractivity contribution >= 4 is 51.4 Å². The van der Waals surface area contributed by atoms with Crippen LogP contribution in [0.25, 0.3) is 10.2 Å². The van der Waals surface area contributed by atoms with Crippen LogP contribution in [0.3, 0.4) is 0 Å². The molecule has 0 saturated carbocycles. The van der Waals surface area contributed by atoms with Gasteiger partial charge in [0.25, 0.3) is 0 Å². The van der Waals surface area contributed by atoms with Crippen LogP contribution in [0.1, 0.15) is 30.0 Å². The molecule has 5 nitrogen and oxygen atoms in total. The van der Waals surface area contributed by atoms with E-state index >= 15 is 0 Å². The number of nitrogens with two attached hydrogens (primary N) is 1. The molecule has 1 unspecified atom stereocenters. The highest BCUT2D eigenvalue weighted by Gasteiger charge is 2.18. The Bertz CT molecular complexity index is 802. The fourth-order valence-corrected chi connectivity index (χ4v) is 4.17. The first-order chi connectivity index (χ1) is 11.1. The number of nitrogens with one attached hydrogen (secondary N) is 1. The van der Waals surface area contributed by atoms with Crippen LogP contribution in [0.15, 0.2) is 22.8 Å². The van der Waals surface area contributed by atoms with Crippen LogP contribution in [0, 0.1) is 0 Å². The normalized spacial score (nSPS) is 12.2. The maximum Gasteiger partial charge on any atom is 0.224 e. The average molecular weight is 387 g/mol. The summed E-state index contributed by atoms with van der Waals surface area (Å²) in [6.07, 6.45) is 3.38. The molecular weight excluding hydrogens is 367 g/mol. The van der Waals surface area contributed by atoms with Crippen molar-refractivity contribution in [2.24, 2.45) is 5.73 Å². The number of anilines is 1. The first-order valence-electron chi connectivity index (χ1n) is 7.58.